The Labute approximate surface area is 115 Å². The maximum atomic E-state index is 12.0. The molecule has 5 nitrogen and oxygen atoms in total. The van der Waals surface area contributed by atoms with Crippen LogP contribution in [0.4, 0.5) is 0 Å². The molecule has 0 bridgehead atoms. The van der Waals surface area contributed by atoms with E-state index in [9.17, 15) is 8.42 Å². The van der Waals surface area contributed by atoms with Crippen LogP contribution in [0.5, 0.6) is 0 Å². The smallest absolute Gasteiger partial charge is 0.156 e. The summed E-state index contributed by atoms with van der Waals surface area (Å²) in [5.74, 6) is 0.155. The van der Waals surface area contributed by atoms with Gasteiger partial charge in [-0.15, -0.1) is 0 Å². The maximum Gasteiger partial charge on any atom is 0.156 e. The van der Waals surface area contributed by atoms with Gasteiger partial charge >= 0.3 is 0 Å². The van der Waals surface area contributed by atoms with Crippen molar-refractivity contribution in [1.29, 1.82) is 0 Å². The number of nitrogens with one attached hydrogen (secondary N) is 1. The molecule has 0 saturated heterocycles. The predicted octanol–water partition coefficient (Wildman–Crippen LogP) is 1.35. The van der Waals surface area contributed by atoms with Crippen molar-refractivity contribution < 1.29 is 8.42 Å². The van der Waals surface area contributed by atoms with Crippen LogP contribution in [0.3, 0.4) is 0 Å². The number of hydrogen-bond donors (Lipinski definition) is 1. The van der Waals surface area contributed by atoms with Crippen LogP contribution < -0.4 is 5.32 Å². The minimum Gasteiger partial charge on any atom is -0.336 e. The Balaban J connectivity index is 1.85. The molecule has 0 amide bonds. The standard InChI is InChI=1S/C13H23N3O2S/c1-13(2,3)19(17,18)7-6-16-9-12(15-10-16)8-14-11-4-5-11/h9-11,14H,4-8H2,1-3H3. The van der Waals surface area contributed by atoms with Gasteiger partial charge in [0.15, 0.2) is 9.84 Å². The topological polar surface area (TPSA) is 64.0 Å². The average Bonchev–Trinajstić information content (AvgIpc) is 3.01. The minimum absolute atomic E-state index is 0.155. The summed E-state index contributed by atoms with van der Waals surface area (Å²) in [5.41, 5.74) is 0.972. The Morgan fingerprint density at radius 2 is 2.11 bits per heavy atom. The molecule has 1 heterocycles. The zero-order chi connectivity index (χ0) is 14.1. The fraction of sp³-hybridized carbons (Fsp3) is 0.769. The molecule has 1 aromatic heterocycles. The van der Waals surface area contributed by atoms with Gasteiger partial charge in [-0.1, -0.05) is 0 Å². The van der Waals surface area contributed by atoms with Crippen LogP contribution in [0.2, 0.25) is 0 Å². The lowest BCUT2D eigenvalue weighted by molar-refractivity contribution is 0.553. The molecular weight excluding hydrogens is 262 g/mol. The molecule has 6 heteroatoms. The average molecular weight is 285 g/mol. The first-order chi connectivity index (χ1) is 8.78. The van der Waals surface area contributed by atoms with Crippen molar-refractivity contribution in [2.45, 2.75) is 57.5 Å². The molecule has 1 N–H and O–H groups in total. The van der Waals surface area contributed by atoms with Gasteiger partial charge in [0.05, 0.1) is 22.5 Å². The summed E-state index contributed by atoms with van der Waals surface area (Å²) >= 11 is 0. The Kier molecular flexibility index (Phi) is 4.01. The summed E-state index contributed by atoms with van der Waals surface area (Å²) < 4.78 is 25.2. The molecule has 0 aromatic carbocycles. The van der Waals surface area contributed by atoms with Crippen molar-refractivity contribution in [1.82, 2.24) is 14.9 Å². The van der Waals surface area contributed by atoms with Crippen LogP contribution in [0, 0.1) is 0 Å². The van der Waals surface area contributed by atoms with E-state index in [0.29, 0.717) is 12.6 Å². The number of rotatable bonds is 6. The van der Waals surface area contributed by atoms with Crippen LogP contribution in [-0.4, -0.2) is 34.5 Å². The number of imidazole rings is 1. The van der Waals surface area contributed by atoms with Gasteiger partial charge in [-0.2, -0.15) is 0 Å². The molecule has 2 rings (SSSR count). The number of nitrogens with zero attached hydrogens (tertiary/aromatic N) is 2. The molecule has 0 unspecified atom stereocenters. The van der Waals surface area contributed by atoms with Crippen LogP contribution in [0.1, 0.15) is 39.3 Å². The summed E-state index contributed by atoms with van der Waals surface area (Å²) in [5, 5.41) is 3.39. The Bertz CT molecular complexity index is 524. The van der Waals surface area contributed by atoms with Crippen molar-refractivity contribution in [3.63, 3.8) is 0 Å². The molecular formula is C13H23N3O2S. The van der Waals surface area contributed by atoms with Gasteiger partial charge in [-0.3, -0.25) is 0 Å². The Hall–Kier alpha value is -0.880. The first kappa shape index (κ1) is 14.5. The lowest BCUT2D eigenvalue weighted by Crippen LogP contribution is -2.31. The van der Waals surface area contributed by atoms with E-state index in [1.165, 1.54) is 12.8 Å². The van der Waals surface area contributed by atoms with Crippen LogP contribution >= 0.6 is 0 Å². The Morgan fingerprint density at radius 1 is 1.42 bits per heavy atom. The first-order valence-electron chi connectivity index (χ1n) is 6.74. The third-order valence-corrected chi connectivity index (χ3v) is 5.97. The van der Waals surface area contributed by atoms with E-state index < -0.39 is 14.6 Å². The van der Waals surface area contributed by atoms with Gasteiger partial charge in [0, 0.05) is 25.3 Å². The van der Waals surface area contributed by atoms with E-state index in [1.54, 1.807) is 27.1 Å². The highest BCUT2D eigenvalue weighted by atomic mass is 32.2. The summed E-state index contributed by atoms with van der Waals surface area (Å²) in [4.78, 5) is 4.28. The van der Waals surface area contributed by atoms with Gasteiger partial charge in [0.25, 0.3) is 0 Å². The predicted molar refractivity (Wildman–Crippen MR) is 75.6 cm³/mol. The molecule has 0 aliphatic heterocycles. The quantitative estimate of drug-likeness (QED) is 0.857. The Morgan fingerprint density at radius 3 is 2.68 bits per heavy atom. The van der Waals surface area contributed by atoms with Crippen molar-refractivity contribution in [3.05, 3.63) is 18.2 Å². The number of hydrogen-bond acceptors (Lipinski definition) is 4. The van der Waals surface area contributed by atoms with Gasteiger partial charge < -0.3 is 9.88 Å². The summed E-state index contributed by atoms with van der Waals surface area (Å²) in [7, 11) is -3.07. The lowest BCUT2D eigenvalue weighted by atomic mass is 10.3. The highest BCUT2D eigenvalue weighted by Gasteiger charge is 2.28. The van der Waals surface area contributed by atoms with Gasteiger partial charge in [-0.05, 0) is 33.6 Å². The van der Waals surface area contributed by atoms with Crippen LogP contribution in [0.25, 0.3) is 0 Å². The molecule has 1 aromatic rings. The summed E-state index contributed by atoms with van der Waals surface area (Å²) in [6, 6.07) is 0.659. The van der Waals surface area contributed by atoms with Crippen molar-refractivity contribution in [2.24, 2.45) is 0 Å². The second-order valence-corrected chi connectivity index (χ2v) is 9.05. The highest BCUT2D eigenvalue weighted by Crippen LogP contribution is 2.19. The van der Waals surface area contributed by atoms with Crippen molar-refractivity contribution >= 4 is 9.84 Å². The molecule has 0 radical (unpaired) electrons. The summed E-state index contributed by atoms with van der Waals surface area (Å²) in [6.07, 6.45) is 6.14. The monoisotopic (exact) mass is 285 g/mol. The second-order valence-electron chi connectivity index (χ2n) is 6.19. The zero-order valence-corrected chi connectivity index (χ0v) is 12.7. The van der Waals surface area contributed by atoms with Crippen LogP contribution in [0.15, 0.2) is 12.5 Å². The molecule has 0 spiro atoms. The highest BCUT2D eigenvalue weighted by molar-refractivity contribution is 7.92. The number of aromatic nitrogens is 2. The molecule has 108 valence electrons. The second kappa shape index (κ2) is 5.25. The van der Waals surface area contributed by atoms with Crippen molar-refractivity contribution in [2.75, 3.05) is 5.75 Å². The van der Waals surface area contributed by atoms with E-state index in [4.69, 9.17) is 0 Å². The molecule has 1 aliphatic carbocycles. The molecule has 1 saturated carbocycles. The minimum atomic E-state index is -3.07. The van der Waals surface area contributed by atoms with E-state index in [2.05, 4.69) is 10.3 Å². The molecule has 1 fully saturated rings. The van der Waals surface area contributed by atoms with Gasteiger partial charge in [-0.25, -0.2) is 13.4 Å². The molecule has 0 atom stereocenters. The fourth-order valence-corrected chi connectivity index (χ4v) is 2.75. The normalized spacial score (nSPS) is 16.8. The maximum absolute atomic E-state index is 12.0. The third-order valence-electron chi connectivity index (χ3n) is 3.39. The van der Waals surface area contributed by atoms with E-state index in [-0.39, 0.29) is 5.75 Å². The number of aryl methyl sites for hydroxylation is 1. The summed E-state index contributed by atoms with van der Waals surface area (Å²) in [6.45, 7) is 6.45. The van der Waals surface area contributed by atoms with E-state index in [1.807, 2.05) is 10.8 Å². The van der Waals surface area contributed by atoms with Gasteiger partial charge in [0.1, 0.15) is 0 Å². The lowest BCUT2D eigenvalue weighted by Gasteiger charge is -2.19. The zero-order valence-electron chi connectivity index (χ0n) is 11.9. The van der Waals surface area contributed by atoms with Crippen molar-refractivity contribution in [3.8, 4) is 0 Å². The molecule has 1 aliphatic rings. The fourth-order valence-electron chi connectivity index (χ4n) is 1.69. The first-order valence-corrected chi connectivity index (χ1v) is 8.39. The van der Waals surface area contributed by atoms with Gasteiger partial charge in [0.2, 0.25) is 0 Å². The third kappa shape index (κ3) is 4.04. The molecule has 19 heavy (non-hydrogen) atoms. The van der Waals surface area contributed by atoms with Crippen LogP contribution in [-0.2, 0) is 22.9 Å². The number of sulfone groups is 1. The van der Waals surface area contributed by atoms with E-state index >= 15 is 0 Å². The SMILES string of the molecule is CC(C)(C)S(=O)(=O)CCn1cnc(CNC2CC2)c1. The van der Waals surface area contributed by atoms with E-state index in [0.717, 1.165) is 12.2 Å². The largest absolute Gasteiger partial charge is 0.336 e.